The highest BCUT2D eigenvalue weighted by Gasteiger charge is 2.29. The van der Waals surface area contributed by atoms with Gasteiger partial charge < -0.3 is 25.1 Å². The Morgan fingerprint density at radius 1 is 0.778 bits per heavy atom. The molecule has 0 unspecified atom stereocenters. The number of esters is 2. The van der Waals surface area contributed by atoms with Gasteiger partial charge in [0.2, 0.25) is 0 Å². The van der Waals surface area contributed by atoms with Crippen molar-refractivity contribution in [1.29, 1.82) is 0 Å². The Morgan fingerprint density at radius 2 is 1.11 bits per heavy atom. The Bertz CT molecular complexity index is 404. The quantitative estimate of drug-likeness (QED) is 0.560. The van der Waals surface area contributed by atoms with Crippen LogP contribution in [-0.2, 0) is 28.5 Å². The second-order valence-corrected chi connectivity index (χ2v) is 9.10. The van der Waals surface area contributed by atoms with E-state index in [9.17, 15) is 9.59 Å². The first-order valence-corrected chi connectivity index (χ1v) is 9.64. The van der Waals surface area contributed by atoms with Crippen LogP contribution in [0, 0.1) is 5.41 Å². The van der Waals surface area contributed by atoms with E-state index in [2.05, 4.69) is 0 Å². The molecule has 2 aliphatic heterocycles. The summed E-state index contributed by atoms with van der Waals surface area (Å²) < 4.78 is 20.9. The summed E-state index contributed by atoms with van der Waals surface area (Å²) in [6, 6.07) is 0. The maximum absolute atomic E-state index is 11.5. The first kappa shape index (κ1) is 26.1. The Balaban J connectivity index is 0.000000483. The molecule has 0 aromatic carbocycles. The number of alkyl halides is 1. The summed E-state index contributed by atoms with van der Waals surface area (Å²) in [6.07, 6.45) is 3.28. The molecular formula is C19H36ClNO6. The third-order valence-corrected chi connectivity index (χ3v) is 4.14. The molecule has 2 rings (SSSR count). The zero-order valence-electron chi connectivity index (χ0n) is 17.3. The van der Waals surface area contributed by atoms with Crippen molar-refractivity contribution in [3.8, 4) is 0 Å². The van der Waals surface area contributed by atoms with Gasteiger partial charge in [-0.15, -0.1) is 11.6 Å². The van der Waals surface area contributed by atoms with E-state index in [4.69, 9.17) is 30.5 Å². The van der Waals surface area contributed by atoms with Gasteiger partial charge in [0, 0.05) is 25.7 Å². The average Bonchev–Trinajstić information content (AvgIpc) is 2.55. The van der Waals surface area contributed by atoms with Gasteiger partial charge in [-0.2, -0.15) is 0 Å². The van der Waals surface area contributed by atoms with Crippen molar-refractivity contribution >= 4 is 23.5 Å². The Labute approximate surface area is 168 Å². The van der Waals surface area contributed by atoms with E-state index in [-0.39, 0.29) is 30.3 Å². The number of rotatable bonds is 3. The van der Waals surface area contributed by atoms with Gasteiger partial charge in [0.1, 0.15) is 17.1 Å². The molecule has 160 valence electrons. The summed E-state index contributed by atoms with van der Waals surface area (Å²) in [5.74, 6) is -0.458. The van der Waals surface area contributed by atoms with Crippen molar-refractivity contribution in [3.05, 3.63) is 0 Å². The SMILES string of the molecule is CC(C)(C)C(=O)OC1CCOCC1.CC(C)(Cl)C(=O)OC1CCOCC1.N. The van der Waals surface area contributed by atoms with Crippen LogP contribution in [0.15, 0.2) is 0 Å². The largest absolute Gasteiger partial charge is 0.462 e. The molecule has 2 saturated heterocycles. The lowest BCUT2D eigenvalue weighted by Crippen LogP contribution is -2.34. The lowest BCUT2D eigenvalue weighted by Gasteiger charge is -2.26. The highest BCUT2D eigenvalue weighted by Crippen LogP contribution is 2.20. The monoisotopic (exact) mass is 409 g/mol. The third kappa shape index (κ3) is 10.9. The summed E-state index contributed by atoms with van der Waals surface area (Å²) in [5.41, 5.74) is -0.391. The maximum Gasteiger partial charge on any atom is 0.326 e. The van der Waals surface area contributed by atoms with E-state index in [1.165, 1.54) is 0 Å². The number of halogens is 1. The van der Waals surface area contributed by atoms with Crippen LogP contribution in [0.2, 0.25) is 0 Å². The minimum absolute atomic E-state index is 0. The van der Waals surface area contributed by atoms with Gasteiger partial charge in [-0.05, 0) is 34.6 Å². The predicted octanol–water partition coefficient (Wildman–Crippen LogP) is 3.64. The van der Waals surface area contributed by atoms with Crippen LogP contribution >= 0.6 is 11.6 Å². The molecule has 0 atom stereocenters. The zero-order chi connectivity index (χ0) is 19.8. The van der Waals surface area contributed by atoms with Crippen LogP contribution < -0.4 is 6.15 Å². The number of carbonyl (C=O) groups is 2. The highest BCUT2D eigenvalue weighted by molar-refractivity contribution is 6.33. The van der Waals surface area contributed by atoms with Crippen molar-refractivity contribution in [3.63, 3.8) is 0 Å². The van der Waals surface area contributed by atoms with Crippen molar-refractivity contribution in [2.45, 2.75) is 77.4 Å². The number of hydrogen-bond donors (Lipinski definition) is 1. The standard InChI is InChI=1S/C10H18O3.C9H15ClO3.H3N/c1-10(2,3)9(11)13-8-4-6-12-7-5-8;1-9(2,10)8(11)13-7-3-5-12-6-4-7;/h8H,4-7H2,1-3H3;7H,3-6H2,1-2H3;1H3. The minimum Gasteiger partial charge on any atom is -0.462 e. The molecule has 2 heterocycles. The maximum atomic E-state index is 11.5. The summed E-state index contributed by atoms with van der Waals surface area (Å²) in [5, 5.41) is 0. The average molecular weight is 410 g/mol. The molecule has 0 bridgehead atoms. The second-order valence-electron chi connectivity index (χ2n) is 8.16. The topological polar surface area (TPSA) is 106 Å². The van der Waals surface area contributed by atoms with E-state index in [0.717, 1.165) is 25.7 Å². The van der Waals surface area contributed by atoms with E-state index >= 15 is 0 Å². The van der Waals surface area contributed by atoms with Crippen molar-refractivity contribution in [1.82, 2.24) is 6.15 Å². The second kappa shape index (κ2) is 11.8. The number of carbonyl (C=O) groups excluding carboxylic acids is 2. The number of hydrogen-bond acceptors (Lipinski definition) is 7. The van der Waals surface area contributed by atoms with E-state index in [1.807, 2.05) is 20.8 Å². The molecule has 8 heteroatoms. The smallest absolute Gasteiger partial charge is 0.326 e. The van der Waals surface area contributed by atoms with Gasteiger partial charge >= 0.3 is 11.9 Å². The third-order valence-electron chi connectivity index (χ3n) is 3.98. The molecule has 0 radical (unpaired) electrons. The van der Waals surface area contributed by atoms with Gasteiger partial charge in [-0.25, -0.2) is 0 Å². The van der Waals surface area contributed by atoms with Gasteiger partial charge in [-0.1, -0.05) is 0 Å². The Hall–Kier alpha value is -0.890. The van der Waals surface area contributed by atoms with Crippen molar-refractivity contribution in [2.24, 2.45) is 5.41 Å². The Kier molecular flexibility index (Phi) is 11.5. The lowest BCUT2D eigenvalue weighted by molar-refractivity contribution is -0.162. The predicted molar refractivity (Wildman–Crippen MR) is 104 cm³/mol. The van der Waals surface area contributed by atoms with Crippen molar-refractivity contribution in [2.75, 3.05) is 26.4 Å². The molecule has 7 nitrogen and oxygen atoms in total. The van der Waals surface area contributed by atoms with Gasteiger partial charge in [-0.3, -0.25) is 9.59 Å². The Morgan fingerprint density at radius 3 is 1.41 bits per heavy atom. The molecule has 0 aromatic rings. The molecule has 0 saturated carbocycles. The highest BCUT2D eigenvalue weighted by atomic mass is 35.5. The minimum atomic E-state index is -0.918. The van der Waals surface area contributed by atoms with Crippen LogP contribution in [0.25, 0.3) is 0 Å². The fourth-order valence-corrected chi connectivity index (χ4v) is 2.25. The first-order chi connectivity index (χ1) is 12.0. The van der Waals surface area contributed by atoms with E-state index in [1.54, 1.807) is 13.8 Å². The van der Waals surface area contributed by atoms with Crippen LogP contribution in [0.3, 0.4) is 0 Å². The summed E-state index contributed by atoms with van der Waals surface area (Å²) in [4.78, 5) is 21.9. The molecule has 0 amide bonds. The fraction of sp³-hybridized carbons (Fsp3) is 0.895. The van der Waals surface area contributed by atoms with Gasteiger partial charge in [0.15, 0.2) is 0 Å². The fourth-order valence-electron chi connectivity index (χ4n) is 2.21. The summed E-state index contributed by atoms with van der Waals surface area (Å²) in [6.45, 7) is 11.6. The summed E-state index contributed by atoms with van der Waals surface area (Å²) >= 11 is 5.80. The van der Waals surface area contributed by atoms with Gasteiger partial charge in [0.25, 0.3) is 0 Å². The van der Waals surface area contributed by atoms with Crippen LogP contribution in [-0.4, -0.2) is 55.4 Å². The molecule has 27 heavy (non-hydrogen) atoms. The van der Waals surface area contributed by atoms with E-state index in [0.29, 0.717) is 26.4 Å². The normalized spacial score (nSPS) is 19.2. The molecule has 0 aromatic heterocycles. The molecule has 0 aliphatic carbocycles. The van der Waals surface area contributed by atoms with Crippen LogP contribution in [0.4, 0.5) is 0 Å². The van der Waals surface area contributed by atoms with Crippen LogP contribution in [0.5, 0.6) is 0 Å². The van der Waals surface area contributed by atoms with E-state index < -0.39 is 10.3 Å². The summed E-state index contributed by atoms with van der Waals surface area (Å²) in [7, 11) is 0. The number of ether oxygens (including phenoxy) is 4. The molecule has 0 spiro atoms. The molecule has 2 aliphatic rings. The zero-order valence-corrected chi connectivity index (χ0v) is 18.1. The lowest BCUT2D eigenvalue weighted by atomic mass is 9.97. The van der Waals surface area contributed by atoms with Crippen molar-refractivity contribution < 1.29 is 28.5 Å². The molecule has 2 fully saturated rings. The molecular weight excluding hydrogens is 374 g/mol. The van der Waals surface area contributed by atoms with Gasteiger partial charge in [0.05, 0.1) is 31.8 Å². The first-order valence-electron chi connectivity index (χ1n) is 9.26. The molecule has 3 N–H and O–H groups in total. The van der Waals surface area contributed by atoms with Crippen LogP contribution in [0.1, 0.15) is 60.3 Å².